The summed E-state index contributed by atoms with van der Waals surface area (Å²) in [6.07, 6.45) is 9.15. The first kappa shape index (κ1) is 12.9. The average Bonchev–Trinajstić information content (AvgIpc) is 3.15. The Bertz CT molecular complexity index is 235. The van der Waals surface area contributed by atoms with Crippen molar-refractivity contribution in [2.24, 2.45) is 17.8 Å². The van der Waals surface area contributed by atoms with Gasteiger partial charge in [0.05, 0.1) is 0 Å². The molecule has 17 heavy (non-hydrogen) atoms. The number of unbranched alkanes of at least 4 members (excludes halogenated alkanes) is 2. The number of hydrogen-bond acceptors (Lipinski definition) is 2. The zero-order chi connectivity index (χ0) is 12.1. The molecule has 0 aromatic rings. The summed E-state index contributed by atoms with van der Waals surface area (Å²) in [5.41, 5.74) is 0. The maximum Gasteiger partial charge on any atom is 0.303 e. The van der Waals surface area contributed by atoms with Crippen molar-refractivity contribution in [2.45, 2.75) is 51.4 Å². The van der Waals surface area contributed by atoms with Crippen LogP contribution in [0.4, 0.5) is 0 Å². The Morgan fingerprint density at radius 1 is 1.12 bits per heavy atom. The zero-order valence-electron chi connectivity index (χ0n) is 10.7. The van der Waals surface area contributed by atoms with Gasteiger partial charge in [-0.2, -0.15) is 0 Å². The highest BCUT2D eigenvalue weighted by Gasteiger charge is 2.40. The summed E-state index contributed by atoms with van der Waals surface area (Å²) in [7, 11) is 0. The minimum absolute atomic E-state index is 0.326. The molecule has 3 heteroatoms. The van der Waals surface area contributed by atoms with Crippen LogP contribution in [0.15, 0.2) is 0 Å². The zero-order valence-corrected chi connectivity index (χ0v) is 10.7. The van der Waals surface area contributed by atoms with E-state index in [1.807, 2.05) is 0 Å². The van der Waals surface area contributed by atoms with E-state index in [9.17, 15) is 4.79 Å². The highest BCUT2D eigenvalue weighted by molar-refractivity contribution is 5.66. The quantitative estimate of drug-likeness (QED) is 0.576. The number of hydrogen-bond donors (Lipinski definition) is 2. The Labute approximate surface area is 104 Å². The minimum atomic E-state index is -0.666. The van der Waals surface area contributed by atoms with Crippen LogP contribution in [0, 0.1) is 17.8 Å². The van der Waals surface area contributed by atoms with E-state index >= 15 is 0 Å². The Kier molecular flexibility index (Phi) is 4.84. The Balaban J connectivity index is 1.43. The monoisotopic (exact) mass is 239 g/mol. The number of carbonyl (C=O) groups is 1. The molecule has 3 nitrogen and oxygen atoms in total. The third-order valence-corrected chi connectivity index (χ3v) is 4.08. The molecule has 0 radical (unpaired) electrons. The van der Waals surface area contributed by atoms with Crippen LogP contribution in [0.2, 0.25) is 0 Å². The lowest BCUT2D eigenvalue weighted by atomic mass is 9.98. The first-order chi connectivity index (χ1) is 8.27. The van der Waals surface area contributed by atoms with Gasteiger partial charge in [-0.25, -0.2) is 0 Å². The van der Waals surface area contributed by atoms with Crippen LogP contribution >= 0.6 is 0 Å². The van der Waals surface area contributed by atoms with Crippen LogP contribution in [0.5, 0.6) is 0 Å². The second-order valence-electron chi connectivity index (χ2n) is 5.75. The number of carboxylic acids is 1. The van der Waals surface area contributed by atoms with E-state index in [1.165, 1.54) is 32.2 Å². The Morgan fingerprint density at radius 3 is 2.29 bits per heavy atom. The van der Waals surface area contributed by atoms with E-state index in [2.05, 4.69) is 5.32 Å². The molecule has 2 saturated carbocycles. The SMILES string of the molecule is O=C(O)CCCCCNCC(C1CC1)C1CC1. The summed E-state index contributed by atoms with van der Waals surface area (Å²) in [5.74, 6) is 2.35. The van der Waals surface area contributed by atoms with Crippen LogP contribution in [0.25, 0.3) is 0 Å². The Hall–Kier alpha value is -0.570. The molecule has 0 amide bonds. The van der Waals surface area contributed by atoms with Gasteiger partial charge in [-0.1, -0.05) is 6.42 Å². The first-order valence-electron chi connectivity index (χ1n) is 7.20. The smallest absolute Gasteiger partial charge is 0.303 e. The van der Waals surface area contributed by atoms with Crippen molar-refractivity contribution in [3.8, 4) is 0 Å². The molecule has 0 unspecified atom stereocenters. The van der Waals surface area contributed by atoms with Crippen molar-refractivity contribution >= 4 is 5.97 Å². The summed E-state index contributed by atoms with van der Waals surface area (Å²) >= 11 is 0. The van der Waals surface area contributed by atoms with Gasteiger partial charge in [0.25, 0.3) is 0 Å². The molecule has 0 aromatic carbocycles. The predicted octanol–water partition coefficient (Wildman–Crippen LogP) is 2.66. The molecule has 2 fully saturated rings. The molecule has 2 rings (SSSR count). The molecule has 2 aliphatic rings. The van der Waals surface area contributed by atoms with Crippen LogP contribution in [0.1, 0.15) is 51.4 Å². The van der Waals surface area contributed by atoms with Crippen molar-refractivity contribution in [3.05, 3.63) is 0 Å². The second-order valence-corrected chi connectivity index (χ2v) is 5.75. The molecule has 2 N–H and O–H groups in total. The largest absolute Gasteiger partial charge is 0.481 e. The molecular weight excluding hydrogens is 214 g/mol. The average molecular weight is 239 g/mol. The number of aliphatic carboxylic acids is 1. The van der Waals surface area contributed by atoms with Gasteiger partial charge in [0.2, 0.25) is 0 Å². The van der Waals surface area contributed by atoms with E-state index in [1.54, 1.807) is 0 Å². The van der Waals surface area contributed by atoms with Gasteiger partial charge in [0, 0.05) is 6.42 Å². The predicted molar refractivity (Wildman–Crippen MR) is 67.9 cm³/mol. The molecule has 0 spiro atoms. The third kappa shape index (κ3) is 5.07. The van der Waals surface area contributed by atoms with Gasteiger partial charge in [-0.15, -0.1) is 0 Å². The van der Waals surface area contributed by atoms with Crippen LogP contribution in [0.3, 0.4) is 0 Å². The van der Waals surface area contributed by atoms with Crippen molar-refractivity contribution in [1.82, 2.24) is 5.32 Å². The standard InChI is InChI=1S/C14H25NO2/c16-14(17)4-2-1-3-9-15-10-13(11-5-6-11)12-7-8-12/h11-13,15H,1-10H2,(H,16,17). The van der Waals surface area contributed by atoms with Gasteiger partial charge in [0.1, 0.15) is 0 Å². The van der Waals surface area contributed by atoms with Gasteiger partial charge < -0.3 is 10.4 Å². The lowest BCUT2D eigenvalue weighted by Crippen LogP contribution is -2.26. The molecule has 0 saturated heterocycles. The molecule has 98 valence electrons. The topological polar surface area (TPSA) is 49.3 Å². The van der Waals surface area contributed by atoms with Crippen molar-refractivity contribution in [1.29, 1.82) is 0 Å². The van der Waals surface area contributed by atoms with Gasteiger partial charge >= 0.3 is 5.97 Å². The molecular formula is C14H25NO2. The molecule has 0 aliphatic heterocycles. The highest BCUT2D eigenvalue weighted by atomic mass is 16.4. The minimum Gasteiger partial charge on any atom is -0.481 e. The van der Waals surface area contributed by atoms with E-state index < -0.39 is 5.97 Å². The fourth-order valence-corrected chi connectivity index (χ4v) is 2.74. The molecule has 0 atom stereocenters. The van der Waals surface area contributed by atoms with Gasteiger partial charge in [0.15, 0.2) is 0 Å². The highest BCUT2D eigenvalue weighted by Crippen LogP contribution is 2.48. The third-order valence-electron chi connectivity index (χ3n) is 4.08. The lowest BCUT2D eigenvalue weighted by Gasteiger charge is -2.16. The fourth-order valence-electron chi connectivity index (χ4n) is 2.74. The first-order valence-corrected chi connectivity index (χ1v) is 7.20. The maximum absolute atomic E-state index is 10.3. The lowest BCUT2D eigenvalue weighted by molar-refractivity contribution is -0.137. The van der Waals surface area contributed by atoms with Crippen LogP contribution < -0.4 is 5.32 Å². The van der Waals surface area contributed by atoms with E-state index in [0.29, 0.717) is 6.42 Å². The van der Waals surface area contributed by atoms with Crippen LogP contribution in [-0.4, -0.2) is 24.2 Å². The summed E-state index contributed by atoms with van der Waals surface area (Å²) in [6.45, 7) is 2.27. The molecule has 2 aliphatic carbocycles. The van der Waals surface area contributed by atoms with Gasteiger partial charge in [-0.05, 0) is 69.4 Å². The normalized spacial score (nSPS) is 19.8. The fraction of sp³-hybridized carbons (Fsp3) is 0.929. The van der Waals surface area contributed by atoms with Crippen molar-refractivity contribution in [2.75, 3.05) is 13.1 Å². The summed E-state index contributed by atoms with van der Waals surface area (Å²) in [6, 6.07) is 0. The van der Waals surface area contributed by atoms with Crippen LogP contribution in [-0.2, 0) is 4.79 Å². The molecule has 0 heterocycles. The van der Waals surface area contributed by atoms with Gasteiger partial charge in [-0.3, -0.25) is 4.79 Å². The summed E-state index contributed by atoms with van der Waals surface area (Å²) in [4.78, 5) is 10.3. The molecule has 0 aromatic heterocycles. The summed E-state index contributed by atoms with van der Waals surface area (Å²) in [5, 5.41) is 12.1. The second kappa shape index (κ2) is 6.39. The van der Waals surface area contributed by atoms with E-state index in [0.717, 1.165) is 43.6 Å². The maximum atomic E-state index is 10.3. The number of carboxylic acid groups (broad SMARTS) is 1. The Morgan fingerprint density at radius 2 is 1.76 bits per heavy atom. The van der Waals surface area contributed by atoms with Crippen molar-refractivity contribution in [3.63, 3.8) is 0 Å². The summed E-state index contributed by atoms with van der Waals surface area (Å²) < 4.78 is 0. The number of rotatable bonds is 10. The van der Waals surface area contributed by atoms with E-state index in [4.69, 9.17) is 5.11 Å². The van der Waals surface area contributed by atoms with Crippen molar-refractivity contribution < 1.29 is 9.90 Å². The van der Waals surface area contributed by atoms with E-state index in [-0.39, 0.29) is 0 Å². The number of nitrogens with one attached hydrogen (secondary N) is 1. The molecule has 0 bridgehead atoms.